The monoisotopic (exact) mass is 644 g/mol. The van der Waals surface area contributed by atoms with E-state index in [0.29, 0.717) is 17.8 Å². The maximum absolute atomic E-state index is 2.58. The Labute approximate surface area is 294 Å². The Hall–Kier alpha value is -5.34. The van der Waals surface area contributed by atoms with Gasteiger partial charge in [-0.25, -0.2) is 0 Å². The molecule has 2 saturated carbocycles. The number of hydrogen-bond donors (Lipinski definition) is 0. The summed E-state index contributed by atoms with van der Waals surface area (Å²) in [7, 11) is 0. The Bertz CT molecular complexity index is 2530. The predicted molar refractivity (Wildman–Crippen MR) is 210 cm³/mol. The van der Waals surface area contributed by atoms with Crippen molar-refractivity contribution >= 4 is 38.9 Å². The lowest BCUT2D eigenvalue weighted by molar-refractivity contribution is 0.729. The summed E-state index contributed by atoms with van der Waals surface area (Å²) in [5, 5.41) is 4.00. The first-order valence-electron chi connectivity index (χ1n) is 18.7. The van der Waals surface area contributed by atoms with Crippen molar-refractivity contribution in [1.29, 1.82) is 0 Å². The van der Waals surface area contributed by atoms with Gasteiger partial charge in [0, 0.05) is 63.5 Å². The SMILES string of the molecule is CCn1c2c(c3cc(-n4cc5c(C6=CC7CC7C=C6)c(-c6ccccc6)c(C6=CCCC=C6)c(-c6ccccc6)c5c4)ccc31)C=CC1CC21. The average Bonchev–Trinajstić information content (AvgIpc) is 4.07. The highest BCUT2D eigenvalue weighted by Crippen LogP contribution is 2.55. The maximum Gasteiger partial charge on any atom is 0.0490 e. The van der Waals surface area contributed by atoms with Gasteiger partial charge in [0.1, 0.15) is 0 Å². The van der Waals surface area contributed by atoms with Crippen LogP contribution < -0.4 is 0 Å². The quantitative estimate of drug-likeness (QED) is 0.171. The van der Waals surface area contributed by atoms with Crippen LogP contribution in [0, 0.1) is 17.8 Å². The van der Waals surface area contributed by atoms with Crippen molar-refractivity contribution in [2.24, 2.45) is 17.8 Å². The predicted octanol–water partition coefficient (Wildman–Crippen LogP) is 12.4. The van der Waals surface area contributed by atoms with Gasteiger partial charge in [0.05, 0.1) is 0 Å². The van der Waals surface area contributed by atoms with Crippen molar-refractivity contribution in [2.75, 3.05) is 0 Å². The van der Waals surface area contributed by atoms with Gasteiger partial charge in [-0.05, 0) is 113 Å². The van der Waals surface area contributed by atoms with Gasteiger partial charge in [-0.2, -0.15) is 0 Å². The zero-order chi connectivity index (χ0) is 32.9. The van der Waals surface area contributed by atoms with Gasteiger partial charge < -0.3 is 9.13 Å². The van der Waals surface area contributed by atoms with E-state index in [-0.39, 0.29) is 0 Å². The van der Waals surface area contributed by atoms with Gasteiger partial charge in [-0.15, -0.1) is 0 Å². The number of aryl methyl sites for hydroxylation is 1. The molecule has 2 fully saturated rings. The molecule has 50 heavy (non-hydrogen) atoms. The van der Waals surface area contributed by atoms with Gasteiger partial charge in [-0.3, -0.25) is 0 Å². The molecule has 4 atom stereocenters. The topological polar surface area (TPSA) is 9.86 Å². The molecule has 2 heterocycles. The lowest BCUT2D eigenvalue weighted by atomic mass is 9.78. The van der Waals surface area contributed by atoms with Crippen LogP contribution in [0.3, 0.4) is 0 Å². The van der Waals surface area contributed by atoms with Gasteiger partial charge >= 0.3 is 0 Å². The van der Waals surface area contributed by atoms with Gasteiger partial charge in [0.25, 0.3) is 0 Å². The van der Waals surface area contributed by atoms with Crippen molar-refractivity contribution < 1.29 is 0 Å². The molecule has 0 radical (unpaired) electrons. The van der Waals surface area contributed by atoms with Crippen molar-refractivity contribution in [3.63, 3.8) is 0 Å². The fourth-order valence-corrected chi connectivity index (χ4v) is 9.46. The molecule has 2 nitrogen and oxygen atoms in total. The number of nitrogens with zero attached hydrogens (tertiary/aromatic N) is 2. The van der Waals surface area contributed by atoms with Crippen LogP contribution in [0.15, 0.2) is 134 Å². The molecule has 6 aromatic rings. The number of fused-ring (bicyclic) bond motifs is 7. The van der Waals surface area contributed by atoms with E-state index in [2.05, 4.69) is 156 Å². The van der Waals surface area contributed by atoms with Crippen LogP contribution in [-0.4, -0.2) is 9.13 Å². The molecule has 0 spiro atoms. The number of rotatable bonds is 6. The summed E-state index contributed by atoms with van der Waals surface area (Å²) in [6.45, 7) is 3.31. The zero-order valence-electron chi connectivity index (χ0n) is 28.5. The zero-order valence-corrected chi connectivity index (χ0v) is 28.5. The molecule has 0 bridgehead atoms. The molecule has 5 aliphatic carbocycles. The Morgan fingerprint density at radius 1 is 0.640 bits per heavy atom. The van der Waals surface area contributed by atoms with Crippen LogP contribution in [0.5, 0.6) is 0 Å². The Kier molecular flexibility index (Phi) is 6.17. The molecular weight excluding hydrogens is 605 g/mol. The van der Waals surface area contributed by atoms with Crippen LogP contribution in [-0.2, 0) is 6.54 Å². The number of aromatic nitrogens is 2. The van der Waals surface area contributed by atoms with Crippen LogP contribution in [0.25, 0.3) is 66.8 Å². The Morgan fingerprint density at radius 2 is 1.40 bits per heavy atom. The van der Waals surface area contributed by atoms with E-state index >= 15 is 0 Å². The molecule has 0 saturated heterocycles. The third-order valence-electron chi connectivity index (χ3n) is 12.1. The van der Waals surface area contributed by atoms with E-state index in [4.69, 9.17) is 0 Å². The summed E-state index contributed by atoms with van der Waals surface area (Å²) in [6, 6.07) is 29.5. The number of hydrogen-bond acceptors (Lipinski definition) is 0. The minimum atomic E-state index is 0.650. The maximum atomic E-state index is 2.58. The summed E-state index contributed by atoms with van der Waals surface area (Å²) in [5.41, 5.74) is 16.2. The van der Waals surface area contributed by atoms with E-state index in [0.717, 1.165) is 25.3 Å². The lowest BCUT2D eigenvalue weighted by Crippen LogP contribution is -2.02. The molecule has 2 aromatic heterocycles. The van der Waals surface area contributed by atoms with E-state index in [1.165, 1.54) is 90.3 Å². The molecule has 0 amide bonds. The first kappa shape index (κ1) is 28.5. The lowest BCUT2D eigenvalue weighted by Gasteiger charge is -2.24. The Morgan fingerprint density at radius 3 is 2.14 bits per heavy atom. The van der Waals surface area contributed by atoms with E-state index in [1.54, 1.807) is 5.69 Å². The van der Waals surface area contributed by atoms with Crippen molar-refractivity contribution in [1.82, 2.24) is 9.13 Å². The largest absolute Gasteiger partial charge is 0.344 e. The van der Waals surface area contributed by atoms with Crippen LogP contribution in [0.2, 0.25) is 0 Å². The second-order valence-electron chi connectivity index (χ2n) is 15.0. The molecule has 2 heteroatoms. The highest BCUT2D eigenvalue weighted by atomic mass is 15.0. The highest BCUT2D eigenvalue weighted by Gasteiger charge is 2.42. The van der Waals surface area contributed by atoms with Crippen molar-refractivity contribution in [2.45, 2.75) is 45.1 Å². The first-order valence-corrected chi connectivity index (χ1v) is 18.7. The standard InChI is InChI=1S/C48H40N2/c1-2-50-43-23-21-37(27-40(43)38-22-20-34-26-39(34)48(38)50)49-28-41-42(29-49)45(35-19-18-33-24-36(33)25-35)47(32-16-10-5-11-17-32)46(31-14-8-4-9-15-31)44(41)30-12-6-3-7-13-30/h3,5-8,10-23,25,27-29,33-34,36,39H,2,4,9,24,26H2,1H3. The van der Waals surface area contributed by atoms with E-state index in [9.17, 15) is 0 Å². The Balaban J connectivity index is 1.24. The fraction of sp³-hybridized carbons (Fsp3) is 0.208. The first-order chi connectivity index (χ1) is 24.7. The third kappa shape index (κ3) is 4.27. The van der Waals surface area contributed by atoms with Crippen molar-refractivity contribution in [3.8, 4) is 27.9 Å². The smallest absolute Gasteiger partial charge is 0.0490 e. The van der Waals surface area contributed by atoms with Crippen LogP contribution in [0.4, 0.5) is 0 Å². The normalized spacial score (nSPS) is 22.7. The van der Waals surface area contributed by atoms with Gasteiger partial charge in [0.2, 0.25) is 0 Å². The summed E-state index contributed by atoms with van der Waals surface area (Å²) >= 11 is 0. The molecular formula is C48H40N2. The second-order valence-corrected chi connectivity index (χ2v) is 15.0. The van der Waals surface area contributed by atoms with Crippen LogP contribution >= 0.6 is 0 Å². The molecule has 0 aliphatic heterocycles. The van der Waals surface area contributed by atoms with Crippen molar-refractivity contribution in [3.05, 3.63) is 156 Å². The third-order valence-corrected chi connectivity index (χ3v) is 12.1. The molecule has 4 aromatic carbocycles. The van der Waals surface area contributed by atoms with Gasteiger partial charge in [-0.1, -0.05) is 109 Å². The minimum absolute atomic E-state index is 0.650. The summed E-state index contributed by atoms with van der Waals surface area (Å²) in [6.07, 6.45) is 29.1. The number of allylic oxidation sites excluding steroid dienone is 9. The molecule has 11 rings (SSSR count). The average molecular weight is 645 g/mol. The summed E-state index contributed by atoms with van der Waals surface area (Å²) in [5.74, 6) is 2.78. The van der Waals surface area contributed by atoms with E-state index < -0.39 is 0 Å². The molecule has 0 N–H and O–H groups in total. The second kappa shape index (κ2) is 10.8. The van der Waals surface area contributed by atoms with Crippen LogP contribution in [0.1, 0.15) is 60.9 Å². The minimum Gasteiger partial charge on any atom is -0.344 e. The molecule has 242 valence electrons. The van der Waals surface area contributed by atoms with E-state index in [1.807, 2.05) is 0 Å². The molecule has 4 unspecified atom stereocenters. The fourth-order valence-electron chi connectivity index (χ4n) is 9.46. The highest BCUT2D eigenvalue weighted by molar-refractivity contribution is 6.15. The number of benzene rings is 4. The summed E-state index contributed by atoms with van der Waals surface area (Å²) < 4.78 is 5.00. The summed E-state index contributed by atoms with van der Waals surface area (Å²) in [4.78, 5) is 0. The molecule has 5 aliphatic rings. The van der Waals surface area contributed by atoms with Gasteiger partial charge in [0.15, 0.2) is 0 Å².